The molecule has 59 heavy (non-hydrogen) atoms. The minimum absolute atomic E-state index is 0. The number of carboxylic acid groups (broad SMARTS) is 3. The summed E-state index contributed by atoms with van der Waals surface area (Å²) in [6.45, 7) is 5.94. The second kappa shape index (κ2) is 17.6. The van der Waals surface area contributed by atoms with E-state index in [0.29, 0.717) is 19.6 Å². The molecule has 10 rings (SSSR count). The van der Waals surface area contributed by atoms with E-state index in [9.17, 15) is 23.9 Å². The van der Waals surface area contributed by atoms with Crippen LogP contribution >= 0.6 is 0 Å². The molecule has 2 aliphatic heterocycles. The van der Waals surface area contributed by atoms with Crippen LogP contribution in [-0.2, 0) is 19.6 Å². The monoisotopic (exact) mass is 795 g/mol. The van der Waals surface area contributed by atoms with E-state index in [1.807, 2.05) is 36.7 Å². The summed E-state index contributed by atoms with van der Waals surface area (Å²) >= 11 is 0. The van der Waals surface area contributed by atoms with Gasteiger partial charge in [-0.05, 0) is 71.4 Å². The Labute approximate surface area is 349 Å². The van der Waals surface area contributed by atoms with Crippen molar-refractivity contribution in [2.75, 3.05) is 36.0 Å². The van der Waals surface area contributed by atoms with Crippen molar-refractivity contribution in [3.63, 3.8) is 0 Å². The van der Waals surface area contributed by atoms with Gasteiger partial charge < -0.3 is 29.9 Å². The molecule has 0 spiro atoms. The van der Waals surface area contributed by atoms with E-state index in [0.717, 1.165) is 78.2 Å². The van der Waals surface area contributed by atoms with Crippen molar-refractivity contribution in [2.45, 2.75) is 32.5 Å². The Morgan fingerprint density at radius 1 is 0.576 bits per heavy atom. The van der Waals surface area contributed by atoms with Gasteiger partial charge in [-0.25, -0.2) is 24.5 Å². The van der Waals surface area contributed by atoms with Crippen molar-refractivity contribution in [3.8, 4) is 0 Å². The van der Waals surface area contributed by atoms with Gasteiger partial charge in [0, 0.05) is 68.9 Å². The molecule has 6 aromatic rings. The molecule has 6 aromatic heterocycles. The minimum Gasteiger partial charge on any atom is -0.545 e. The summed E-state index contributed by atoms with van der Waals surface area (Å²) < 4.78 is 17.2. The summed E-state index contributed by atoms with van der Waals surface area (Å²) in [5.41, 5.74) is 3.18. The molecule has 4 aliphatic rings. The van der Waals surface area contributed by atoms with Gasteiger partial charge in [0.15, 0.2) is 0 Å². The van der Waals surface area contributed by atoms with Crippen molar-refractivity contribution in [2.24, 2.45) is 23.7 Å². The number of fused-ring (bicyclic) bond motifs is 2. The predicted molar refractivity (Wildman–Crippen MR) is 203 cm³/mol. The van der Waals surface area contributed by atoms with Crippen molar-refractivity contribution in [1.29, 1.82) is 0 Å². The second-order valence-corrected chi connectivity index (χ2v) is 15.0. The zero-order valence-corrected chi connectivity index (χ0v) is 32.2. The average Bonchev–Trinajstić information content (AvgIpc) is 3.68. The Hall–Kier alpha value is -6.38. The van der Waals surface area contributed by atoms with Crippen molar-refractivity contribution >= 4 is 29.5 Å². The Morgan fingerprint density at radius 2 is 0.949 bits per heavy atom. The van der Waals surface area contributed by atoms with Gasteiger partial charge in [0.05, 0.1) is 55.3 Å². The van der Waals surface area contributed by atoms with E-state index >= 15 is 0 Å². The molecular weight excluding hydrogens is 756 g/mol. The Kier molecular flexibility index (Phi) is 12.2. The van der Waals surface area contributed by atoms with E-state index in [1.54, 1.807) is 15.4 Å². The number of pyridine rings is 3. The molecule has 0 bridgehead atoms. The molecule has 4 unspecified atom stereocenters. The van der Waals surface area contributed by atoms with Crippen LogP contribution in [0.25, 0.3) is 0 Å². The quantitative estimate of drug-likeness (QED) is 0.128. The first-order chi connectivity index (χ1) is 28.0. The molecule has 2 saturated carbocycles. The summed E-state index contributed by atoms with van der Waals surface area (Å²) in [6, 6.07) is 11.0. The largest absolute Gasteiger partial charge is 1.00 e. The first-order valence-electron chi connectivity index (χ1n) is 18.8. The maximum absolute atomic E-state index is 12.5. The van der Waals surface area contributed by atoms with Gasteiger partial charge >= 0.3 is 30.8 Å². The average molecular weight is 796 g/mol. The molecule has 298 valence electrons. The molecule has 8 heterocycles. The standard InChI is InChI=1S/2C15H16N4O2.C10H8FN3O2.Li/c2*20-15(21)13-5-17-19(9-13)6-10-1-2-14(16-4-10)18-7-11-3-12(11)8-18;11-9-2-1-7(3-12-9)5-14-6-8(4-13-14)10(15)16;/h2*1-2,4-5,9,11-12H,3,6-8H2,(H,20,21);1-4,6H,5H2,(H,15,16);/q;;;+1/p-1. The van der Waals surface area contributed by atoms with Crippen LogP contribution < -0.4 is 33.8 Å². The van der Waals surface area contributed by atoms with Gasteiger partial charge in [-0.2, -0.15) is 19.7 Å². The van der Waals surface area contributed by atoms with Crippen molar-refractivity contribution in [3.05, 3.63) is 131 Å². The number of anilines is 2. The fourth-order valence-corrected chi connectivity index (χ4v) is 7.30. The molecule has 4 atom stereocenters. The number of nitrogens with zero attached hydrogens (tertiary/aromatic N) is 11. The number of carboxylic acids is 3. The molecular formula is C40H39FLiN11O6. The van der Waals surface area contributed by atoms with Gasteiger partial charge in [0.25, 0.3) is 0 Å². The number of carbonyl (C=O) groups is 3. The van der Waals surface area contributed by atoms with Crippen LogP contribution in [0, 0.1) is 29.6 Å². The van der Waals surface area contributed by atoms with Crippen LogP contribution in [0.5, 0.6) is 0 Å². The summed E-state index contributed by atoms with van der Waals surface area (Å²) in [5.74, 6) is 1.90. The third kappa shape index (κ3) is 10.4. The summed E-state index contributed by atoms with van der Waals surface area (Å²) in [7, 11) is 0. The van der Waals surface area contributed by atoms with Crippen LogP contribution in [0.4, 0.5) is 16.0 Å². The maximum Gasteiger partial charge on any atom is 1.00 e. The van der Waals surface area contributed by atoms with Gasteiger partial charge in [0.1, 0.15) is 11.6 Å². The van der Waals surface area contributed by atoms with Gasteiger partial charge in [-0.15, -0.1) is 0 Å². The van der Waals surface area contributed by atoms with Crippen LogP contribution in [0.2, 0.25) is 0 Å². The fraction of sp³-hybridized carbons (Fsp3) is 0.325. The van der Waals surface area contributed by atoms with E-state index in [2.05, 4.69) is 40.0 Å². The molecule has 17 nitrogen and oxygen atoms in total. The third-order valence-corrected chi connectivity index (χ3v) is 10.7. The molecule has 2 saturated heterocycles. The number of rotatable bonds is 11. The number of halogens is 1. The molecule has 2 N–H and O–H groups in total. The van der Waals surface area contributed by atoms with Gasteiger partial charge in [-0.3, -0.25) is 14.0 Å². The summed E-state index contributed by atoms with van der Waals surface area (Å²) in [5, 5.41) is 40.2. The van der Waals surface area contributed by atoms with Gasteiger partial charge in [-0.1, -0.05) is 18.2 Å². The first kappa shape index (κ1) is 40.8. The van der Waals surface area contributed by atoms with Crippen molar-refractivity contribution in [1.82, 2.24) is 44.3 Å². The topological polar surface area (TPSA) is 213 Å². The normalized spacial score (nSPS) is 19.3. The van der Waals surface area contributed by atoms with Crippen molar-refractivity contribution < 1.29 is 53.0 Å². The molecule has 4 fully saturated rings. The van der Waals surface area contributed by atoms with Crippen LogP contribution in [0.15, 0.2) is 92.2 Å². The molecule has 0 amide bonds. The van der Waals surface area contributed by atoms with E-state index < -0.39 is 23.9 Å². The Balaban J connectivity index is 0.000000135. The number of aromatic nitrogens is 9. The molecule has 0 aromatic carbocycles. The number of hydrogen-bond donors (Lipinski definition) is 2. The summed E-state index contributed by atoms with van der Waals surface area (Å²) in [4.78, 5) is 49.3. The third-order valence-electron chi connectivity index (χ3n) is 10.7. The Bertz CT molecular complexity index is 2260. The number of hydrogen-bond acceptors (Lipinski definition) is 12. The Morgan fingerprint density at radius 3 is 1.25 bits per heavy atom. The zero-order valence-electron chi connectivity index (χ0n) is 32.2. The molecule has 19 heteroatoms. The minimum atomic E-state index is -1.21. The number of aromatic carboxylic acids is 3. The number of carbonyl (C=O) groups excluding carboxylic acids is 1. The van der Waals surface area contributed by atoms with Crippen LogP contribution in [0.3, 0.4) is 0 Å². The predicted octanol–water partition coefficient (Wildman–Crippen LogP) is -0.206. The van der Waals surface area contributed by atoms with E-state index in [4.69, 9.17) is 10.2 Å². The first-order valence-corrected chi connectivity index (χ1v) is 18.8. The van der Waals surface area contributed by atoms with E-state index in [1.165, 1.54) is 67.0 Å². The fourth-order valence-electron chi connectivity index (χ4n) is 7.30. The smallest absolute Gasteiger partial charge is 0.545 e. The van der Waals surface area contributed by atoms with Gasteiger partial charge in [0.2, 0.25) is 5.95 Å². The molecule has 0 radical (unpaired) electrons. The second-order valence-electron chi connectivity index (χ2n) is 15.0. The number of piperidine rings is 2. The van der Waals surface area contributed by atoms with E-state index in [-0.39, 0.29) is 35.6 Å². The van der Waals surface area contributed by atoms with Crippen LogP contribution in [-0.4, -0.2) is 98.6 Å². The SMILES string of the molecule is O=C(O)c1cnn(Cc2ccc(F)nc2)c1.O=C(O)c1cnn(Cc2ccc(N3CC4CC4C3)nc2)c1.O=C([O-])c1cnn(Cc2ccc(N3CC4CC4C3)nc2)c1.[Li+]. The van der Waals surface area contributed by atoms with Crippen LogP contribution in [0.1, 0.15) is 60.6 Å². The maximum atomic E-state index is 12.5. The summed E-state index contributed by atoms with van der Waals surface area (Å²) in [6.07, 6.45) is 16.2. The molecule has 2 aliphatic carbocycles. The zero-order chi connectivity index (χ0) is 40.3.